The van der Waals surface area contributed by atoms with Gasteiger partial charge in [-0.15, -0.1) is 0 Å². The molecule has 1 N–H and O–H groups in total. The molecule has 3 aliphatic carbocycles. The predicted molar refractivity (Wildman–Crippen MR) is 97.4 cm³/mol. The summed E-state index contributed by atoms with van der Waals surface area (Å²) in [5.74, 6) is -3.84. The van der Waals surface area contributed by atoms with E-state index in [0.717, 1.165) is 0 Å². The van der Waals surface area contributed by atoms with Crippen molar-refractivity contribution in [3.63, 3.8) is 0 Å². The second kappa shape index (κ2) is 7.59. The van der Waals surface area contributed by atoms with Gasteiger partial charge in [-0.25, -0.2) is 4.79 Å². The highest BCUT2D eigenvalue weighted by atomic mass is 19.4. The molecule has 0 amide bonds. The zero-order chi connectivity index (χ0) is 24.6. The summed E-state index contributed by atoms with van der Waals surface area (Å²) in [4.78, 5) is 24.8. The van der Waals surface area contributed by atoms with E-state index in [-0.39, 0.29) is 24.3 Å². The fourth-order valence-corrected chi connectivity index (χ4v) is 6.21. The minimum Gasteiger partial charge on any atom is -0.458 e. The summed E-state index contributed by atoms with van der Waals surface area (Å²) in [7, 11) is 0. The van der Waals surface area contributed by atoms with Crippen LogP contribution >= 0.6 is 0 Å². The minimum absolute atomic E-state index is 0.0995. The number of alkyl halides is 6. The van der Waals surface area contributed by atoms with Gasteiger partial charge in [0.05, 0.1) is 18.1 Å². The SMILES string of the molecule is C=C(C)C(=O)OC1C2CC3C1OC(=O)C3C2C1(OCC(O)(C(F)(F)F)C(F)(F)F)CCCC1. The molecule has 4 aliphatic rings. The van der Waals surface area contributed by atoms with Gasteiger partial charge in [-0.3, -0.25) is 4.79 Å². The third-order valence-electron chi connectivity index (χ3n) is 7.70. The van der Waals surface area contributed by atoms with Crippen LogP contribution < -0.4 is 0 Å². The molecule has 3 saturated carbocycles. The molecule has 6 atom stereocenters. The third-order valence-corrected chi connectivity index (χ3v) is 7.70. The number of esters is 2. The molecule has 4 rings (SSSR count). The number of hydrogen-bond acceptors (Lipinski definition) is 6. The average molecular weight is 486 g/mol. The van der Waals surface area contributed by atoms with Crippen LogP contribution in [0, 0.1) is 23.7 Å². The first-order valence-electron chi connectivity index (χ1n) is 10.7. The lowest BCUT2D eigenvalue weighted by Crippen LogP contribution is -2.62. The third kappa shape index (κ3) is 3.55. The van der Waals surface area contributed by atoms with Crippen LogP contribution in [0.15, 0.2) is 12.2 Å². The lowest BCUT2D eigenvalue weighted by molar-refractivity contribution is -0.384. The maximum absolute atomic E-state index is 13.2. The molecule has 1 aliphatic heterocycles. The van der Waals surface area contributed by atoms with Gasteiger partial charge in [0, 0.05) is 23.3 Å². The number of hydrogen-bond donors (Lipinski definition) is 1. The molecule has 1 heterocycles. The number of carbonyl (C=O) groups excluding carboxylic acids is 2. The maximum atomic E-state index is 13.2. The zero-order valence-corrected chi connectivity index (χ0v) is 17.7. The molecule has 0 aromatic heterocycles. The first-order valence-corrected chi connectivity index (χ1v) is 10.7. The number of fused-ring (bicyclic) bond motifs is 1. The molecule has 0 aromatic carbocycles. The molecular weight excluding hydrogens is 462 g/mol. The first kappa shape index (κ1) is 24.3. The van der Waals surface area contributed by atoms with Gasteiger partial charge >= 0.3 is 24.3 Å². The van der Waals surface area contributed by atoms with Crippen molar-refractivity contribution < 1.29 is 55.2 Å². The van der Waals surface area contributed by atoms with E-state index in [1.54, 1.807) is 0 Å². The monoisotopic (exact) mass is 486 g/mol. The maximum Gasteiger partial charge on any atom is 0.428 e. The van der Waals surface area contributed by atoms with Gasteiger partial charge < -0.3 is 19.3 Å². The summed E-state index contributed by atoms with van der Waals surface area (Å²) in [6.45, 7) is 2.88. The minimum atomic E-state index is -6.02. The Labute approximate surface area is 185 Å². The van der Waals surface area contributed by atoms with Crippen LogP contribution in [-0.2, 0) is 23.8 Å². The average Bonchev–Trinajstić information content (AvgIpc) is 3.42. The molecule has 0 aromatic rings. The van der Waals surface area contributed by atoms with Gasteiger partial charge in [0.2, 0.25) is 0 Å². The van der Waals surface area contributed by atoms with Crippen molar-refractivity contribution in [3.05, 3.63) is 12.2 Å². The van der Waals surface area contributed by atoms with Crippen LogP contribution in [0.2, 0.25) is 0 Å². The smallest absolute Gasteiger partial charge is 0.428 e. The summed E-state index contributed by atoms with van der Waals surface area (Å²) in [5.41, 5.74) is -6.48. The molecule has 1 saturated heterocycles. The summed E-state index contributed by atoms with van der Waals surface area (Å²) in [5, 5.41) is 9.60. The molecule has 0 radical (unpaired) electrons. The highest BCUT2D eigenvalue weighted by Crippen LogP contribution is 2.64. The highest BCUT2D eigenvalue weighted by Gasteiger charge is 2.74. The van der Waals surface area contributed by atoms with Gasteiger partial charge in [0.15, 0.2) is 0 Å². The quantitative estimate of drug-likeness (QED) is 0.352. The highest BCUT2D eigenvalue weighted by molar-refractivity contribution is 5.87. The second-order valence-electron chi connectivity index (χ2n) is 9.58. The van der Waals surface area contributed by atoms with Gasteiger partial charge in [0.1, 0.15) is 12.2 Å². The fourth-order valence-electron chi connectivity index (χ4n) is 6.21. The van der Waals surface area contributed by atoms with Crippen LogP contribution in [0.5, 0.6) is 0 Å². The van der Waals surface area contributed by atoms with E-state index in [2.05, 4.69) is 6.58 Å². The molecule has 6 unspecified atom stereocenters. The van der Waals surface area contributed by atoms with Crippen molar-refractivity contribution in [3.8, 4) is 0 Å². The normalized spacial score (nSPS) is 35.1. The number of ether oxygens (including phenoxy) is 3. The molecular formula is C21H24F6O6. The van der Waals surface area contributed by atoms with Crippen LogP contribution in [0.4, 0.5) is 26.3 Å². The van der Waals surface area contributed by atoms with Crippen LogP contribution in [0.25, 0.3) is 0 Å². The molecule has 186 valence electrons. The summed E-state index contributed by atoms with van der Waals surface area (Å²) in [6.07, 6.45) is -12.1. The van der Waals surface area contributed by atoms with Gasteiger partial charge in [0.25, 0.3) is 5.60 Å². The van der Waals surface area contributed by atoms with Crippen LogP contribution in [0.3, 0.4) is 0 Å². The Hall–Kier alpha value is -1.82. The zero-order valence-electron chi connectivity index (χ0n) is 17.7. The van der Waals surface area contributed by atoms with Gasteiger partial charge in [-0.1, -0.05) is 19.4 Å². The van der Waals surface area contributed by atoms with Crippen LogP contribution in [0.1, 0.15) is 39.0 Å². The van der Waals surface area contributed by atoms with E-state index in [0.29, 0.717) is 19.3 Å². The van der Waals surface area contributed by atoms with E-state index >= 15 is 0 Å². The van der Waals surface area contributed by atoms with Gasteiger partial charge in [-0.05, 0) is 26.2 Å². The van der Waals surface area contributed by atoms with Crippen LogP contribution in [-0.4, -0.2) is 59.4 Å². The van der Waals surface area contributed by atoms with Crippen molar-refractivity contribution in [2.45, 2.75) is 74.8 Å². The largest absolute Gasteiger partial charge is 0.458 e. The number of halogens is 6. The standard InChI is InChI=1S/C21H24F6O6/c1-9(2)16(28)32-15-11-7-10-12(17(29)33-14(10)15)13(11)18(5-3-4-6-18)31-8-19(30,20(22,23)24)21(25,26)27/h10-15,30H,1,3-8H2,2H3. The predicted octanol–water partition coefficient (Wildman–Crippen LogP) is 3.47. The van der Waals surface area contributed by atoms with E-state index in [4.69, 9.17) is 14.2 Å². The number of aliphatic hydroxyl groups is 1. The fraction of sp³-hybridized carbons (Fsp3) is 0.810. The Balaban J connectivity index is 1.65. The van der Waals surface area contributed by atoms with E-state index in [1.165, 1.54) is 6.92 Å². The molecule has 4 fully saturated rings. The topological polar surface area (TPSA) is 82.1 Å². The van der Waals surface area contributed by atoms with Crippen molar-refractivity contribution in [1.82, 2.24) is 0 Å². The van der Waals surface area contributed by atoms with E-state index < -0.39 is 72.1 Å². The van der Waals surface area contributed by atoms with Crippen molar-refractivity contribution in [2.75, 3.05) is 6.61 Å². The first-order chi connectivity index (χ1) is 15.1. The number of rotatable bonds is 6. The van der Waals surface area contributed by atoms with Gasteiger partial charge in [-0.2, -0.15) is 26.3 Å². The van der Waals surface area contributed by atoms with Crippen molar-refractivity contribution in [1.29, 1.82) is 0 Å². The summed E-state index contributed by atoms with van der Waals surface area (Å²) >= 11 is 0. The number of carbonyl (C=O) groups is 2. The molecule has 0 spiro atoms. The molecule has 2 bridgehead atoms. The second-order valence-corrected chi connectivity index (χ2v) is 9.58. The lowest BCUT2D eigenvalue weighted by atomic mass is 9.68. The lowest BCUT2D eigenvalue weighted by Gasteiger charge is -2.45. The molecule has 12 heteroatoms. The Morgan fingerprint density at radius 1 is 1.15 bits per heavy atom. The van der Waals surface area contributed by atoms with Crippen molar-refractivity contribution >= 4 is 11.9 Å². The van der Waals surface area contributed by atoms with Crippen molar-refractivity contribution in [2.24, 2.45) is 23.7 Å². The molecule has 6 nitrogen and oxygen atoms in total. The Kier molecular flexibility index (Phi) is 5.59. The molecule has 33 heavy (non-hydrogen) atoms. The van der Waals surface area contributed by atoms with E-state index in [9.17, 15) is 41.0 Å². The summed E-state index contributed by atoms with van der Waals surface area (Å²) in [6, 6.07) is 0. The Bertz CT molecular complexity index is 831. The summed E-state index contributed by atoms with van der Waals surface area (Å²) < 4.78 is 95.7. The Morgan fingerprint density at radius 3 is 2.24 bits per heavy atom. The Morgan fingerprint density at radius 2 is 1.73 bits per heavy atom. The van der Waals surface area contributed by atoms with E-state index in [1.807, 2.05) is 0 Å².